The number of rotatable bonds is 4. The molecule has 0 saturated heterocycles. The van der Waals surface area contributed by atoms with Gasteiger partial charge in [-0.1, -0.05) is 36.8 Å². The molecule has 0 unspecified atom stereocenters. The van der Waals surface area contributed by atoms with Crippen molar-refractivity contribution in [3.05, 3.63) is 58.4 Å². The molecule has 25 heavy (non-hydrogen) atoms. The van der Waals surface area contributed by atoms with Crippen molar-refractivity contribution in [3.8, 4) is 11.3 Å². The van der Waals surface area contributed by atoms with E-state index in [0.717, 1.165) is 5.56 Å². The van der Waals surface area contributed by atoms with Crippen LogP contribution in [0.5, 0.6) is 0 Å². The number of carbonyl (C=O) groups excluding carboxylic acids is 3. The van der Waals surface area contributed by atoms with Crippen molar-refractivity contribution in [3.63, 3.8) is 0 Å². The van der Waals surface area contributed by atoms with Crippen LogP contribution in [0.15, 0.2) is 40.3 Å². The zero-order valence-corrected chi connectivity index (χ0v) is 14.3. The molecule has 1 aliphatic rings. The van der Waals surface area contributed by atoms with Crippen LogP contribution in [-0.4, -0.2) is 24.1 Å². The minimum atomic E-state index is -0.740. The van der Waals surface area contributed by atoms with Gasteiger partial charge in [-0.25, -0.2) is 4.79 Å². The van der Waals surface area contributed by atoms with Gasteiger partial charge < -0.3 is 9.15 Å². The van der Waals surface area contributed by atoms with Crippen LogP contribution in [-0.2, 0) is 4.74 Å². The number of benzene rings is 1. The Balaban J connectivity index is 2.25. The molecule has 0 spiro atoms. The second-order valence-electron chi connectivity index (χ2n) is 5.81. The number of furan rings is 1. The molecule has 128 valence electrons. The summed E-state index contributed by atoms with van der Waals surface area (Å²) in [6.07, 6.45) is 1.73. The van der Waals surface area contributed by atoms with E-state index in [-0.39, 0.29) is 40.8 Å². The average Bonchev–Trinajstić information content (AvgIpc) is 3.00. The molecule has 0 fully saturated rings. The standard InChI is InChI=1S/C20H18O5/c1-4-12-10-14(21)15-16(17(12)22)19(20(23)24-5-2)25-18(15)13-8-6-11(3)7-9-13/h6-10H,4-5H2,1-3H3. The molecule has 1 aliphatic carbocycles. The predicted octanol–water partition coefficient (Wildman–Crippen LogP) is 4.15. The van der Waals surface area contributed by atoms with Gasteiger partial charge in [0, 0.05) is 11.1 Å². The van der Waals surface area contributed by atoms with Gasteiger partial charge in [-0.15, -0.1) is 0 Å². The van der Waals surface area contributed by atoms with Crippen LogP contribution < -0.4 is 0 Å². The van der Waals surface area contributed by atoms with Crippen LogP contribution >= 0.6 is 0 Å². The Hall–Kier alpha value is -2.95. The van der Waals surface area contributed by atoms with E-state index in [1.165, 1.54) is 6.08 Å². The SMILES string of the molecule is CCOC(=O)c1oc(-c2ccc(C)cc2)c2c1C(=O)C(CC)=CC2=O. The van der Waals surface area contributed by atoms with Gasteiger partial charge in [-0.05, 0) is 26.3 Å². The number of esters is 1. The van der Waals surface area contributed by atoms with E-state index in [1.807, 2.05) is 19.1 Å². The first kappa shape index (κ1) is 16.9. The maximum atomic E-state index is 12.7. The van der Waals surface area contributed by atoms with Crippen molar-refractivity contribution >= 4 is 17.5 Å². The minimum Gasteiger partial charge on any atom is -0.460 e. The van der Waals surface area contributed by atoms with Crippen LogP contribution in [0.4, 0.5) is 0 Å². The lowest BCUT2D eigenvalue weighted by Crippen LogP contribution is -2.19. The number of hydrogen-bond donors (Lipinski definition) is 0. The number of ether oxygens (including phenoxy) is 1. The monoisotopic (exact) mass is 338 g/mol. The predicted molar refractivity (Wildman–Crippen MR) is 91.9 cm³/mol. The highest BCUT2D eigenvalue weighted by Crippen LogP contribution is 2.37. The fourth-order valence-electron chi connectivity index (χ4n) is 2.85. The fourth-order valence-corrected chi connectivity index (χ4v) is 2.85. The molecule has 5 heteroatoms. The van der Waals surface area contributed by atoms with Crippen LogP contribution in [0, 0.1) is 6.92 Å². The second-order valence-corrected chi connectivity index (χ2v) is 5.81. The van der Waals surface area contributed by atoms with Crippen molar-refractivity contribution in [2.45, 2.75) is 27.2 Å². The third-order valence-corrected chi connectivity index (χ3v) is 4.13. The third kappa shape index (κ3) is 2.82. The Morgan fingerprint density at radius 3 is 2.36 bits per heavy atom. The highest BCUT2D eigenvalue weighted by atomic mass is 16.5. The summed E-state index contributed by atoms with van der Waals surface area (Å²) in [5.41, 5.74) is 2.18. The first-order chi connectivity index (χ1) is 12.0. The number of Topliss-reactive ketones (excluding diaryl/α,β-unsaturated/α-hetero) is 1. The molecular weight excluding hydrogens is 320 g/mol. The lowest BCUT2D eigenvalue weighted by molar-refractivity contribution is 0.0487. The van der Waals surface area contributed by atoms with Crippen molar-refractivity contribution in [2.24, 2.45) is 0 Å². The Bertz CT molecular complexity index is 897. The van der Waals surface area contributed by atoms with Crippen LogP contribution in [0.3, 0.4) is 0 Å². The average molecular weight is 338 g/mol. The molecule has 0 atom stereocenters. The number of carbonyl (C=O) groups is 3. The number of hydrogen-bond acceptors (Lipinski definition) is 5. The summed E-state index contributed by atoms with van der Waals surface area (Å²) in [5, 5.41) is 0. The van der Waals surface area contributed by atoms with Gasteiger partial charge >= 0.3 is 5.97 Å². The van der Waals surface area contributed by atoms with E-state index in [0.29, 0.717) is 17.6 Å². The largest absolute Gasteiger partial charge is 0.460 e. The molecule has 1 aromatic carbocycles. The topological polar surface area (TPSA) is 73.6 Å². The van der Waals surface area contributed by atoms with Crippen LogP contribution in [0.2, 0.25) is 0 Å². The summed E-state index contributed by atoms with van der Waals surface area (Å²) in [5.74, 6) is -1.41. The highest BCUT2D eigenvalue weighted by molar-refractivity contribution is 6.28. The zero-order valence-electron chi connectivity index (χ0n) is 14.3. The molecule has 0 bridgehead atoms. The second kappa shape index (κ2) is 6.51. The Morgan fingerprint density at radius 1 is 1.08 bits per heavy atom. The quantitative estimate of drug-likeness (QED) is 0.783. The van der Waals surface area contributed by atoms with Crippen molar-refractivity contribution < 1.29 is 23.5 Å². The molecule has 1 aromatic heterocycles. The lowest BCUT2D eigenvalue weighted by Gasteiger charge is -2.11. The number of ketones is 2. The summed E-state index contributed by atoms with van der Waals surface area (Å²) < 4.78 is 10.7. The number of aryl methyl sites for hydroxylation is 1. The van der Waals surface area contributed by atoms with Gasteiger partial charge in [-0.2, -0.15) is 0 Å². The molecule has 1 heterocycles. The lowest BCUT2D eigenvalue weighted by atomic mass is 9.87. The summed E-state index contributed by atoms with van der Waals surface area (Å²) in [7, 11) is 0. The summed E-state index contributed by atoms with van der Waals surface area (Å²) in [4.78, 5) is 37.6. The Morgan fingerprint density at radius 2 is 1.76 bits per heavy atom. The molecule has 0 radical (unpaired) electrons. The van der Waals surface area contributed by atoms with Gasteiger partial charge in [0.05, 0.1) is 17.7 Å². The van der Waals surface area contributed by atoms with E-state index < -0.39 is 5.97 Å². The highest BCUT2D eigenvalue weighted by Gasteiger charge is 2.37. The van der Waals surface area contributed by atoms with Gasteiger partial charge in [0.15, 0.2) is 11.6 Å². The van der Waals surface area contributed by atoms with E-state index >= 15 is 0 Å². The number of allylic oxidation sites excluding steroid dienone is 2. The molecule has 0 aliphatic heterocycles. The van der Waals surface area contributed by atoms with Gasteiger partial charge in [0.2, 0.25) is 5.76 Å². The Labute approximate surface area is 145 Å². The molecule has 0 saturated carbocycles. The fraction of sp³-hybridized carbons (Fsp3) is 0.250. The normalized spacial score (nSPS) is 13.5. The van der Waals surface area contributed by atoms with E-state index in [4.69, 9.17) is 9.15 Å². The number of fused-ring (bicyclic) bond motifs is 1. The molecule has 5 nitrogen and oxygen atoms in total. The van der Waals surface area contributed by atoms with Crippen molar-refractivity contribution in [1.82, 2.24) is 0 Å². The van der Waals surface area contributed by atoms with Crippen LogP contribution in [0.1, 0.15) is 57.1 Å². The van der Waals surface area contributed by atoms with Gasteiger partial charge in [-0.3, -0.25) is 9.59 Å². The minimum absolute atomic E-state index is 0.0124. The van der Waals surface area contributed by atoms with Crippen LogP contribution in [0.25, 0.3) is 11.3 Å². The first-order valence-electron chi connectivity index (χ1n) is 8.18. The van der Waals surface area contributed by atoms with Gasteiger partial charge in [0.1, 0.15) is 5.76 Å². The summed E-state index contributed by atoms with van der Waals surface area (Å²) >= 11 is 0. The maximum Gasteiger partial charge on any atom is 0.375 e. The van der Waals surface area contributed by atoms with Gasteiger partial charge in [0.25, 0.3) is 0 Å². The van der Waals surface area contributed by atoms with Crippen molar-refractivity contribution in [2.75, 3.05) is 6.61 Å². The third-order valence-electron chi connectivity index (χ3n) is 4.13. The van der Waals surface area contributed by atoms with E-state index in [9.17, 15) is 14.4 Å². The molecule has 3 rings (SSSR count). The Kier molecular flexibility index (Phi) is 4.40. The summed E-state index contributed by atoms with van der Waals surface area (Å²) in [6.45, 7) is 5.54. The molecule has 2 aromatic rings. The van der Waals surface area contributed by atoms with E-state index in [1.54, 1.807) is 26.0 Å². The summed E-state index contributed by atoms with van der Waals surface area (Å²) in [6, 6.07) is 7.33. The molecular formula is C20H18O5. The molecule has 0 amide bonds. The smallest absolute Gasteiger partial charge is 0.375 e. The van der Waals surface area contributed by atoms with E-state index in [2.05, 4.69) is 0 Å². The zero-order chi connectivity index (χ0) is 18.1. The van der Waals surface area contributed by atoms with Crippen molar-refractivity contribution in [1.29, 1.82) is 0 Å². The molecule has 0 N–H and O–H groups in total. The first-order valence-corrected chi connectivity index (χ1v) is 8.18. The maximum absolute atomic E-state index is 12.7.